The molecule has 0 amide bonds. The van der Waals surface area contributed by atoms with Crippen LogP contribution in [-0.2, 0) is 29.1 Å². The summed E-state index contributed by atoms with van der Waals surface area (Å²) in [5, 5.41) is 12.8. The van der Waals surface area contributed by atoms with E-state index in [0.29, 0.717) is 32.2 Å². The molecule has 0 saturated carbocycles. The first kappa shape index (κ1) is 28.2. The molecule has 4 heterocycles. The Kier molecular flexibility index (Phi) is 7.59. The topological polar surface area (TPSA) is 75.1 Å². The van der Waals surface area contributed by atoms with Crippen LogP contribution in [0.3, 0.4) is 0 Å². The Morgan fingerprint density at radius 1 is 1.20 bits per heavy atom. The number of benzene rings is 2. The standard InChI is InChI=1S/C33H41N3O4S/c1-20-7-6-8-27(29-19-41-32(34-29)36-12-10-33(5,31(37)38)22(3)14-36)30(20)40-16-24-13-21(2)28-15-35(25-17-39-18-25)11-9-26(28)23(24)4/h6-8,13,19,22,25H,9-12,14-18H2,1-5H3,(H,37,38)/t22-,33-/m0/s1. The number of para-hydroxylation sites is 1. The summed E-state index contributed by atoms with van der Waals surface area (Å²) in [6, 6.07) is 9.13. The molecule has 7 nitrogen and oxygen atoms in total. The van der Waals surface area contributed by atoms with Gasteiger partial charge in [-0.15, -0.1) is 11.3 Å². The van der Waals surface area contributed by atoms with Gasteiger partial charge < -0.3 is 19.5 Å². The Labute approximate surface area is 247 Å². The average molecular weight is 576 g/mol. The minimum absolute atomic E-state index is 0.0394. The second-order valence-corrected chi connectivity index (χ2v) is 13.3. The Hall–Kier alpha value is -2.94. The molecule has 3 aliphatic rings. The van der Waals surface area contributed by atoms with Crippen LogP contribution in [0, 0.1) is 32.1 Å². The van der Waals surface area contributed by atoms with Gasteiger partial charge in [-0.3, -0.25) is 9.69 Å². The first-order chi connectivity index (χ1) is 19.7. The molecule has 6 rings (SSSR count). The van der Waals surface area contributed by atoms with Crippen LogP contribution in [0.1, 0.15) is 53.6 Å². The largest absolute Gasteiger partial charge is 0.488 e. The smallest absolute Gasteiger partial charge is 0.309 e. The highest BCUT2D eigenvalue weighted by Gasteiger charge is 2.43. The minimum atomic E-state index is -0.707. The molecule has 0 radical (unpaired) electrons. The highest BCUT2D eigenvalue weighted by atomic mass is 32.1. The first-order valence-corrected chi connectivity index (χ1v) is 15.6. The van der Waals surface area contributed by atoms with E-state index in [2.05, 4.69) is 60.2 Å². The molecule has 2 aromatic carbocycles. The average Bonchev–Trinajstić information content (AvgIpc) is 3.41. The van der Waals surface area contributed by atoms with Crippen molar-refractivity contribution in [3.8, 4) is 17.0 Å². The van der Waals surface area contributed by atoms with Crippen LogP contribution in [0.2, 0.25) is 0 Å². The predicted molar refractivity (Wildman–Crippen MR) is 163 cm³/mol. The number of aryl methyl sites for hydroxylation is 2. The molecule has 8 heteroatoms. The van der Waals surface area contributed by atoms with E-state index in [1.165, 1.54) is 27.8 Å². The fourth-order valence-electron chi connectivity index (χ4n) is 6.56. The molecular weight excluding hydrogens is 534 g/mol. The highest BCUT2D eigenvalue weighted by molar-refractivity contribution is 7.14. The third-order valence-electron chi connectivity index (χ3n) is 9.91. The van der Waals surface area contributed by atoms with Crippen LogP contribution >= 0.6 is 11.3 Å². The van der Waals surface area contributed by atoms with E-state index in [1.807, 2.05) is 13.8 Å². The number of carbonyl (C=O) groups is 1. The Bertz CT molecular complexity index is 1460. The Balaban J connectivity index is 1.20. The van der Waals surface area contributed by atoms with E-state index in [-0.39, 0.29) is 5.92 Å². The molecule has 2 fully saturated rings. The van der Waals surface area contributed by atoms with E-state index < -0.39 is 11.4 Å². The maximum Gasteiger partial charge on any atom is 0.309 e. The number of aromatic nitrogens is 1. The fraction of sp³-hybridized carbons (Fsp3) is 0.515. The third-order valence-corrected chi connectivity index (χ3v) is 10.8. The molecule has 1 aromatic heterocycles. The van der Waals surface area contributed by atoms with Crippen molar-refractivity contribution in [3.05, 3.63) is 63.0 Å². The van der Waals surface area contributed by atoms with Gasteiger partial charge in [-0.05, 0) is 85.9 Å². The molecule has 3 aromatic rings. The maximum absolute atomic E-state index is 11.9. The number of carboxylic acid groups (broad SMARTS) is 1. The van der Waals surface area contributed by atoms with Gasteiger partial charge in [-0.25, -0.2) is 4.98 Å². The second-order valence-electron chi connectivity index (χ2n) is 12.4. The molecule has 0 unspecified atom stereocenters. The zero-order valence-electron chi connectivity index (χ0n) is 24.8. The number of hydrogen-bond acceptors (Lipinski definition) is 7. The van der Waals surface area contributed by atoms with E-state index >= 15 is 0 Å². The van der Waals surface area contributed by atoms with Gasteiger partial charge in [0.2, 0.25) is 0 Å². The lowest BCUT2D eigenvalue weighted by atomic mass is 9.73. The van der Waals surface area contributed by atoms with Gasteiger partial charge in [0.1, 0.15) is 12.4 Å². The van der Waals surface area contributed by atoms with Crippen molar-refractivity contribution in [2.24, 2.45) is 11.3 Å². The number of piperidine rings is 1. The van der Waals surface area contributed by atoms with Crippen molar-refractivity contribution >= 4 is 22.4 Å². The lowest BCUT2D eigenvalue weighted by molar-refractivity contribution is -0.152. The Morgan fingerprint density at radius 3 is 2.71 bits per heavy atom. The van der Waals surface area contributed by atoms with Crippen molar-refractivity contribution in [1.29, 1.82) is 0 Å². The number of nitrogens with zero attached hydrogens (tertiary/aromatic N) is 3. The molecule has 218 valence electrons. The Morgan fingerprint density at radius 2 is 2.00 bits per heavy atom. The van der Waals surface area contributed by atoms with E-state index in [1.54, 1.807) is 11.3 Å². The van der Waals surface area contributed by atoms with Crippen LogP contribution in [-0.4, -0.2) is 59.8 Å². The monoisotopic (exact) mass is 575 g/mol. The molecular formula is C33H41N3O4S. The van der Waals surface area contributed by atoms with Crippen molar-refractivity contribution in [2.75, 3.05) is 37.7 Å². The van der Waals surface area contributed by atoms with E-state index in [9.17, 15) is 9.90 Å². The number of fused-ring (bicyclic) bond motifs is 1. The summed E-state index contributed by atoms with van der Waals surface area (Å²) in [7, 11) is 0. The summed E-state index contributed by atoms with van der Waals surface area (Å²) in [6.07, 6.45) is 1.69. The SMILES string of the molecule is Cc1cc(COc2c(C)cccc2-c2csc(N3CC[C@](C)(C(=O)O)[C@@H](C)C3)n2)c(C)c2c1CN(C1COC1)CC2. The highest BCUT2D eigenvalue weighted by Crippen LogP contribution is 2.41. The normalized spacial score (nSPS) is 23.2. The molecule has 0 spiro atoms. The summed E-state index contributed by atoms with van der Waals surface area (Å²) in [6.45, 7) is 16.2. The maximum atomic E-state index is 11.9. The summed E-state index contributed by atoms with van der Waals surface area (Å²) >= 11 is 1.62. The number of ether oxygens (including phenoxy) is 2. The van der Waals surface area contributed by atoms with Crippen molar-refractivity contribution in [1.82, 2.24) is 9.88 Å². The number of carboxylic acids is 1. The number of hydrogen-bond donors (Lipinski definition) is 1. The van der Waals surface area contributed by atoms with E-state index in [0.717, 1.165) is 60.4 Å². The summed E-state index contributed by atoms with van der Waals surface area (Å²) < 4.78 is 12.0. The molecule has 2 atom stereocenters. The number of thiazole rings is 1. The lowest BCUT2D eigenvalue weighted by Gasteiger charge is -2.41. The second kappa shape index (κ2) is 11.0. The molecule has 0 bridgehead atoms. The molecule has 1 N–H and O–H groups in total. The lowest BCUT2D eigenvalue weighted by Crippen LogP contribution is -2.50. The van der Waals surface area contributed by atoms with Gasteiger partial charge in [-0.1, -0.05) is 25.1 Å². The zero-order valence-corrected chi connectivity index (χ0v) is 25.6. The molecule has 0 aliphatic carbocycles. The van der Waals surface area contributed by atoms with Crippen LogP contribution in [0.25, 0.3) is 11.3 Å². The zero-order chi connectivity index (χ0) is 28.9. The van der Waals surface area contributed by atoms with Gasteiger partial charge in [0.15, 0.2) is 5.13 Å². The van der Waals surface area contributed by atoms with Crippen molar-refractivity contribution in [2.45, 2.75) is 66.7 Å². The van der Waals surface area contributed by atoms with Gasteiger partial charge in [0.05, 0.1) is 30.4 Å². The van der Waals surface area contributed by atoms with Crippen LogP contribution < -0.4 is 9.64 Å². The minimum Gasteiger partial charge on any atom is -0.488 e. The fourth-order valence-corrected chi connectivity index (χ4v) is 7.43. The summed E-state index contributed by atoms with van der Waals surface area (Å²) in [4.78, 5) is 21.7. The number of aliphatic carboxylic acids is 1. The van der Waals surface area contributed by atoms with Gasteiger partial charge in [0.25, 0.3) is 0 Å². The molecule has 2 saturated heterocycles. The summed E-state index contributed by atoms with van der Waals surface area (Å²) in [5.41, 5.74) is 9.22. The molecule has 3 aliphatic heterocycles. The molecule has 41 heavy (non-hydrogen) atoms. The quantitative estimate of drug-likeness (QED) is 0.370. The summed E-state index contributed by atoms with van der Waals surface area (Å²) in [5.74, 6) is 0.208. The van der Waals surface area contributed by atoms with Crippen LogP contribution in [0.4, 0.5) is 5.13 Å². The van der Waals surface area contributed by atoms with Gasteiger partial charge >= 0.3 is 5.97 Å². The third kappa shape index (κ3) is 5.15. The van der Waals surface area contributed by atoms with Crippen molar-refractivity contribution in [3.63, 3.8) is 0 Å². The van der Waals surface area contributed by atoms with Crippen molar-refractivity contribution < 1.29 is 19.4 Å². The van der Waals surface area contributed by atoms with Crippen LogP contribution in [0.15, 0.2) is 29.6 Å². The van der Waals surface area contributed by atoms with Crippen LogP contribution in [0.5, 0.6) is 5.75 Å². The van der Waals surface area contributed by atoms with E-state index in [4.69, 9.17) is 14.5 Å². The van der Waals surface area contributed by atoms with Gasteiger partial charge in [-0.2, -0.15) is 0 Å². The predicted octanol–water partition coefficient (Wildman–Crippen LogP) is 6.01. The number of anilines is 1. The number of rotatable bonds is 7. The first-order valence-electron chi connectivity index (χ1n) is 14.7. The van der Waals surface area contributed by atoms with Gasteiger partial charge in [0, 0.05) is 37.1 Å².